The van der Waals surface area contributed by atoms with Crippen LogP contribution < -0.4 is 16.4 Å². The van der Waals surface area contributed by atoms with Gasteiger partial charge in [0.25, 0.3) is 0 Å². The lowest BCUT2D eigenvalue weighted by atomic mass is 10.4. The van der Waals surface area contributed by atoms with Crippen molar-refractivity contribution in [1.29, 1.82) is 0 Å². The van der Waals surface area contributed by atoms with Crippen LogP contribution in [0.1, 0.15) is 26.7 Å². The van der Waals surface area contributed by atoms with Crippen molar-refractivity contribution in [2.45, 2.75) is 26.7 Å². The van der Waals surface area contributed by atoms with Crippen LogP contribution in [0, 0.1) is 0 Å². The number of nitrogens with two attached hydrogens (primary N) is 1. The van der Waals surface area contributed by atoms with E-state index in [1.54, 1.807) is 0 Å². The zero-order chi connectivity index (χ0) is 16.6. The summed E-state index contributed by atoms with van der Waals surface area (Å²) >= 11 is 0. The third kappa shape index (κ3) is 17.4. The second-order valence-electron chi connectivity index (χ2n) is 4.76. The Morgan fingerprint density at radius 3 is 1.62 bits per heavy atom. The molecule has 8 nitrogen and oxygen atoms in total. The molecule has 4 N–H and O–H groups in total. The van der Waals surface area contributed by atoms with Crippen molar-refractivity contribution in [1.82, 2.24) is 15.5 Å². The molecule has 0 aliphatic heterocycles. The van der Waals surface area contributed by atoms with Gasteiger partial charge in [-0.25, -0.2) is 9.59 Å². The maximum Gasteiger partial charge on any atom is 0.407 e. The first-order chi connectivity index (χ1) is 10.6. The molecule has 0 bridgehead atoms. The van der Waals surface area contributed by atoms with E-state index < -0.39 is 12.2 Å². The summed E-state index contributed by atoms with van der Waals surface area (Å²) in [6.07, 6.45) is 0.909. The first-order valence-electron chi connectivity index (χ1n) is 7.87. The number of hydrogen-bond donors (Lipinski definition) is 3. The van der Waals surface area contributed by atoms with E-state index in [-0.39, 0.29) is 38.0 Å². The van der Waals surface area contributed by atoms with Crippen molar-refractivity contribution < 1.29 is 19.1 Å². The summed E-state index contributed by atoms with van der Waals surface area (Å²) in [5.41, 5.74) is 5.54. The molecular formula is C14H32Cl2N4O4. The minimum atomic E-state index is -0.412. The van der Waals surface area contributed by atoms with Crippen LogP contribution in [0.25, 0.3) is 0 Å². The number of carbonyl (C=O) groups is 2. The Morgan fingerprint density at radius 2 is 1.29 bits per heavy atom. The second kappa shape index (κ2) is 20.1. The molecule has 0 aliphatic carbocycles. The van der Waals surface area contributed by atoms with Gasteiger partial charge in [-0.05, 0) is 12.8 Å². The molecule has 0 radical (unpaired) electrons. The molecule has 146 valence electrons. The lowest BCUT2D eigenvalue weighted by molar-refractivity contribution is 0.108. The Morgan fingerprint density at radius 1 is 0.875 bits per heavy atom. The van der Waals surface area contributed by atoms with Crippen LogP contribution in [-0.2, 0) is 9.47 Å². The van der Waals surface area contributed by atoms with E-state index in [1.165, 1.54) is 0 Å². The lowest BCUT2D eigenvalue weighted by Crippen LogP contribution is -2.37. The third-order valence-electron chi connectivity index (χ3n) is 2.77. The van der Waals surface area contributed by atoms with E-state index in [0.29, 0.717) is 39.3 Å². The maximum absolute atomic E-state index is 11.3. The highest BCUT2D eigenvalue weighted by atomic mass is 35.5. The van der Waals surface area contributed by atoms with Gasteiger partial charge in [-0.3, -0.25) is 4.90 Å². The molecule has 10 heteroatoms. The summed E-state index contributed by atoms with van der Waals surface area (Å²) in [5.74, 6) is 0. The molecule has 0 aromatic heterocycles. The van der Waals surface area contributed by atoms with E-state index in [4.69, 9.17) is 15.2 Å². The summed E-state index contributed by atoms with van der Waals surface area (Å²) in [7, 11) is 0. The Hall–Kier alpha value is -0.960. The summed E-state index contributed by atoms with van der Waals surface area (Å²) in [5, 5.41) is 5.27. The molecule has 0 fully saturated rings. The van der Waals surface area contributed by atoms with Crippen LogP contribution in [0.5, 0.6) is 0 Å². The number of carbonyl (C=O) groups excluding carboxylic acids is 2. The molecule has 0 aromatic carbocycles. The predicted octanol–water partition coefficient (Wildman–Crippen LogP) is 1.36. The highest BCUT2D eigenvalue weighted by molar-refractivity contribution is 5.85. The first-order valence-corrected chi connectivity index (χ1v) is 7.87. The summed E-state index contributed by atoms with van der Waals surface area (Å²) < 4.78 is 10.1. The number of ether oxygens (including phenoxy) is 2. The number of nitrogens with zero attached hydrogens (tertiary/aromatic N) is 1. The second-order valence-corrected chi connectivity index (χ2v) is 4.76. The van der Waals surface area contributed by atoms with E-state index in [1.807, 2.05) is 18.7 Å². The molecule has 0 saturated carbocycles. The van der Waals surface area contributed by atoms with Gasteiger partial charge in [0.15, 0.2) is 0 Å². The number of hydrogen-bond acceptors (Lipinski definition) is 6. The molecule has 0 aliphatic rings. The smallest absolute Gasteiger partial charge is 0.407 e. The number of rotatable bonds is 12. The van der Waals surface area contributed by atoms with Crippen molar-refractivity contribution in [3.05, 3.63) is 0 Å². The topological polar surface area (TPSA) is 106 Å². The van der Waals surface area contributed by atoms with E-state index >= 15 is 0 Å². The summed E-state index contributed by atoms with van der Waals surface area (Å²) in [6, 6.07) is 0. The molecule has 0 spiro atoms. The van der Waals surface area contributed by atoms with Gasteiger partial charge in [-0.2, -0.15) is 0 Å². The summed E-state index contributed by atoms with van der Waals surface area (Å²) in [4.78, 5) is 24.6. The van der Waals surface area contributed by atoms with E-state index in [2.05, 4.69) is 10.6 Å². The van der Waals surface area contributed by atoms with Gasteiger partial charge in [0.2, 0.25) is 0 Å². The SMILES string of the molecule is CCCNC(=O)OCCN(CCN)CCOC(=O)NCCC.Cl.Cl. The molecule has 0 atom stereocenters. The third-order valence-corrected chi connectivity index (χ3v) is 2.77. The van der Waals surface area contributed by atoms with Gasteiger partial charge in [0.1, 0.15) is 13.2 Å². The Kier molecular flexibility index (Phi) is 23.3. The Bertz CT molecular complexity index is 286. The quantitative estimate of drug-likeness (QED) is 0.464. The fourth-order valence-electron chi connectivity index (χ4n) is 1.61. The minimum Gasteiger partial charge on any atom is -0.448 e. The van der Waals surface area contributed by atoms with Crippen molar-refractivity contribution in [2.24, 2.45) is 5.73 Å². The molecular weight excluding hydrogens is 359 g/mol. The van der Waals surface area contributed by atoms with Gasteiger partial charge in [0, 0.05) is 39.3 Å². The van der Waals surface area contributed by atoms with Crippen molar-refractivity contribution in [3.8, 4) is 0 Å². The van der Waals surface area contributed by atoms with Crippen LogP contribution in [0.3, 0.4) is 0 Å². The van der Waals surface area contributed by atoms with Crippen molar-refractivity contribution in [2.75, 3.05) is 52.5 Å². The highest BCUT2D eigenvalue weighted by Gasteiger charge is 2.08. The molecule has 24 heavy (non-hydrogen) atoms. The lowest BCUT2D eigenvalue weighted by Gasteiger charge is -2.21. The van der Waals surface area contributed by atoms with Gasteiger partial charge in [-0.15, -0.1) is 24.8 Å². The van der Waals surface area contributed by atoms with Crippen LogP contribution in [0.15, 0.2) is 0 Å². The zero-order valence-electron chi connectivity index (χ0n) is 14.5. The number of nitrogens with one attached hydrogen (secondary N) is 2. The zero-order valence-corrected chi connectivity index (χ0v) is 16.2. The van der Waals surface area contributed by atoms with Gasteiger partial charge in [0.05, 0.1) is 0 Å². The number of amides is 2. The van der Waals surface area contributed by atoms with E-state index in [0.717, 1.165) is 12.8 Å². The van der Waals surface area contributed by atoms with Crippen LogP contribution in [0.4, 0.5) is 9.59 Å². The average molecular weight is 391 g/mol. The monoisotopic (exact) mass is 390 g/mol. The fraction of sp³-hybridized carbons (Fsp3) is 0.857. The largest absolute Gasteiger partial charge is 0.448 e. The van der Waals surface area contributed by atoms with Gasteiger partial charge in [-0.1, -0.05) is 13.8 Å². The predicted molar refractivity (Wildman–Crippen MR) is 99.3 cm³/mol. The average Bonchev–Trinajstić information content (AvgIpc) is 2.50. The van der Waals surface area contributed by atoms with Crippen molar-refractivity contribution in [3.63, 3.8) is 0 Å². The molecule has 0 rings (SSSR count). The first kappa shape index (κ1) is 27.9. The van der Waals surface area contributed by atoms with Crippen molar-refractivity contribution >= 4 is 37.0 Å². The maximum atomic E-state index is 11.3. The number of alkyl carbamates (subject to hydrolysis) is 2. The molecule has 0 heterocycles. The Labute approximate surface area is 157 Å². The highest BCUT2D eigenvalue weighted by Crippen LogP contribution is 1.90. The molecule has 2 amide bonds. The van der Waals surface area contributed by atoms with Crippen LogP contribution in [0.2, 0.25) is 0 Å². The number of halogens is 2. The molecule has 0 aromatic rings. The standard InChI is InChI=1S/C14H30N4O4.2ClH/c1-3-6-16-13(19)21-11-9-18(8-5-15)10-12-22-14(20)17-7-4-2;;/h3-12,15H2,1-2H3,(H,16,19)(H,17,20);2*1H. The summed E-state index contributed by atoms with van der Waals surface area (Å²) in [6.45, 7) is 7.95. The van der Waals surface area contributed by atoms with Gasteiger partial charge >= 0.3 is 12.2 Å². The van der Waals surface area contributed by atoms with Gasteiger partial charge < -0.3 is 25.8 Å². The van der Waals surface area contributed by atoms with E-state index in [9.17, 15) is 9.59 Å². The fourth-order valence-corrected chi connectivity index (χ4v) is 1.61. The van der Waals surface area contributed by atoms with Crippen LogP contribution >= 0.6 is 24.8 Å². The minimum absolute atomic E-state index is 0. The Balaban J connectivity index is -0.00000220. The van der Waals surface area contributed by atoms with Crippen LogP contribution in [-0.4, -0.2) is 69.6 Å². The normalized spacial score (nSPS) is 9.50. The molecule has 0 saturated heterocycles. The molecule has 0 unspecified atom stereocenters.